The van der Waals surface area contributed by atoms with E-state index in [0.29, 0.717) is 6.04 Å². The van der Waals surface area contributed by atoms with Crippen molar-refractivity contribution in [1.29, 1.82) is 0 Å². The first-order valence-corrected chi connectivity index (χ1v) is 8.35. The Kier molecular flexibility index (Phi) is 5.75. The second kappa shape index (κ2) is 7.56. The standard InChI is InChI=1S/C18H30N2/c1-4-15(3)14-16(5-2)19-17-10-6-7-11-18(17)20-12-8-9-13-20/h6-7,10-11,15-16,19H,4-5,8-9,12-14H2,1-3H3. The molecule has 1 aliphatic rings. The van der Waals surface area contributed by atoms with E-state index in [9.17, 15) is 0 Å². The van der Waals surface area contributed by atoms with Crippen LogP contribution in [0.1, 0.15) is 52.9 Å². The normalized spacial score (nSPS) is 18.1. The molecule has 0 radical (unpaired) electrons. The molecule has 1 aromatic carbocycles. The van der Waals surface area contributed by atoms with Gasteiger partial charge in [0.1, 0.15) is 0 Å². The molecule has 0 bridgehead atoms. The zero-order valence-corrected chi connectivity index (χ0v) is 13.4. The number of para-hydroxylation sites is 2. The summed E-state index contributed by atoms with van der Waals surface area (Å²) < 4.78 is 0. The molecule has 1 aromatic rings. The second-order valence-corrected chi connectivity index (χ2v) is 6.21. The lowest BCUT2D eigenvalue weighted by atomic mass is 9.97. The minimum atomic E-state index is 0.591. The lowest BCUT2D eigenvalue weighted by molar-refractivity contribution is 0.462. The lowest BCUT2D eigenvalue weighted by Crippen LogP contribution is -2.24. The molecular formula is C18H30N2. The molecule has 2 atom stereocenters. The monoisotopic (exact) mass is 274 g/mol. The molecule has 2 unspecified atom stereocenters. The van der Waals surface area contributed by atoms with E-state index in [1.54, 1.807) is 0 Å². The van der Waals surface area contributed by atoms with E-state index in [2.05, 4.69) is 55.3 Å². The zero-order valence-electron chi connectivity index (χ0n) is 13.4. The van der Waals surface area contributed by atoms with Gasteiger partial charge in [0, 0.05) is 19.1 Å². The van der Waals surface area contributed by atoms with Crippen molar-refractivity contribution in [3.05, 3.63) is 24.3 Å². The summed E-state index contributed by atoms with van der Waals surface area (Å²) in [6, 6.07) is 9.41. The molecule has 2 heteroatoms. The summed E-state index contributed by atoms with van der Waals surface area (Å²) in [6.07, 6.45) is 6.39. The molecule has 112 valence electrons. The van der Waals surface area contributed by atoms with Crippen molar-refractivity contribution in [1.82, 2.24) is 0 Å². The average Bonchev–Trinajstić information content (AvgIpc) is 3.01. The second-order valence-electron chi connectivity index (χ2n) is 6.21. The molecule has 2 rings (SSSR count). The molecule has 1 fully saturated rings. The van der Waals surface area contributed by atoms with Gasteiger partial charge >= 0.3 is 0 Å². The smallest absolute Gasteiger partial charge is 0.0602 e. The van der Waals surface area contributed by atoms with Crippen LogP contribution in [0.25, 0.3) is 0 Å². The third-order valence-electron chi connectivity index (χ3n) is 4.59. The first kappa shape index (κ1) is 15.2. The maximum absolute atomic E-state index is 3.80. The minimum absolute atomic E-state index is 0.591. The van der Waals surface area contributed by atoms with Gasteiger partial charge in [-0.15, -0.1) is 0 Å². The Morgan fingerprint density at radius 2 is 1.80 bits per heavy atom. The van der Waals surface area contributed by atoms with Gasteiger partial charge in [-0.25, -0.2) is 0 Å². The highest BCUT2D eigenvalue weighted by Crippen LogP contribution is 2.30. The molecule has 2 nitrogen and oxygen atoms in total. The first-order valence-electron chi connectivity index (χ1n) is 8.35. The quantitative estimate of drug-likeness (QED) is 0.759. The van der Waals surface area contributed by atoms with Crippen molar-refractivity contribution in [2.45, 2.75) is 58.9 Å². The number of nitrogens with one attached hydrogen (secondary N) is 1. The van der Waals surface area contributed by atoms with E-state index in [-0.39, 0.29) is 0 Å². The maximum atomic E-state index is 3.80. The van der Waals surface area contributed by atoms with Crippen LogP contribution >= 0.6 is 0 Å². The van der Waals surface area contributed by atoms with Gasteiger partial charge in [0.05, 0.1) is 11.4 Å². The predicted molar refractivity (Wildman–Crippen MR) is 89.7 cm³/mol. The summed E-state index contributed by atoms with van der Waals surface area (Å²) in [4.78, 5) is 2.53. The van der Waals surface area contributed by atoms with Crippen LogP contribution in [0.3, 0.4) is 0 Å². The Balaban J connectivity index is 2.07. The molecular weight excluding hydrogens is 244 g/mol. The molecule has 1 N–H and O–H groups in total. The van der Waals surface area contributed by atoms with E-state index in [1.807, 2.05) is 0 Å². The van der Waals surface area contributed by atoms with Gasteiger partial charge in [0.25, 0.3) is 0 Å². The number of hydrogen-bond acceptors (Lipinski definition) is 2. The van der Waals surface area contributed by atoms with E-state index < -0.39 is 0 Å². The lowest BCUT2D eigenvalue weighted by Gasteiger charge is -2.26. The van der Waals surface area contributed by atoms with Gasteiger partial charge < -0.3 is 10.2 Å². The Bertz CT molecular complexity index is 396. The Morgan fingerprint density at radius 3 is 2.45 bits per heavy atom. The average molecular weight is 274 g/mol. The summed E-state index contributed by atoms with van der Waals surface area (Å²) in [5.74, 6) is 0.798. The number of hydrogen-bond donors (Lipinski definition) is 1. The summed E-state index contributed by atoms with van der Waals surface area (Å²) >= 11 is 0. The summed E-state index contributed by atoms with van der Waals surface area (Å²) in [5, 5.41) is 3.80. The van der Waals surface area contributed by atoms with Crippen molar-refractivity contribution in [3.63, 3.8) is 0 Å². The van der Waals surface area contributed by atoms with Crippen LogP contribution in [0.5, 0.6) is 0 Å². The van der Waals surface area contributed by atoms with Gasteiger partial charge in [-0.2, -0.15) is 0 Å². The Hall–Kier alpha value is -1.18. The molecule has 0 spiro atoms. The summed E-state index contributed by atoms with van der Waals surface area (Å²) in [7, 11) is 0. The van der Waals surface area contributed by atoms with Crippen LogP contribution in [-0.2, 0) is 0 Å². The van der Waals surface area contributed by atoms with Gasteiger partial charge in [0.15, 0.2) is 0 Å². The van der Waals surface area contributed by atoms with Crippen LogP contribution in [-0.4, -0.2) is 19.1 Å². The van der Waals surface area contributed by atoms with E-state index in [4.69, 9.17) is 0 Å². The fraction of sp³-hybridized carbons (Fsp3) is 0.667. The van der Waals surface area contributed by atoms with Crippen molar-refractivity contribution < 1.29 is 0 Å². The predicted octanol–water partition coefficient (Wildman–Crippen LogP) is 4.91. The summed E-state index contributed by atoms with van der Waals surface area (Å²) in [5.41, 5.74) is 2.72. The van der Waals surface area contributed by atoms with Crippen LogP contribution in [0.2, 0.25) is 0 Å². The molecule has 0 saturated carbocycles. The number of nitrogens with zero attached hydrogens (tertiary/aromatic N) is 1. The van der Waals surface area contributed by atoms with Gasteiger partial charge in [-0.3, -0.25) is 0 Å². The highest BCUT2D eigenvalue weighted by Gasteiger charge is 2.17. The van der Waals surface area contributed by atoms with Crippen LogP contribution in [0.15, 0.2) is 24.3 Å². The topological polar surface area (TPSA) is 15.3 Å². The fourth-order valence-electron chi connectivity index (χ4n) is 3.03. The fourth-order valence-corrected chi connectivity index (χ4v) is 3.03. The van der Waals surface area contributed by atoms with Crippen molar-refractivity contribution in [2.24, 2.45) is 5.92 Å². The highest BCUT2D eigenvalue weighted by molar-refractivity contribution is 5.70. The van der Waals surface area contributed by atoms with Crippen molar-refractivity contribution >= 4 is 11.4 Å². The molecule has 20 heavy (non-hydrogen) atoms. The van der Waals surface area contributed by atoms with Crippen molar-refractivity contribution in [2.75, 3.05) is 23.3 Å². The van der Waals surface area contributed by atoms with Crippen LogP contribution < -0.4 is 10.2 Å². The Morgan fingerprint density at radius 1 is 1.10 bits per heavy atom. The number of benzene rings is 1. The largest absolute Gasteiger partial charge is 0.381 e. The number of anilines is 2. The SMILES string of the molecule is CCC(C)CC(CC)Nc1ccccc1N1CCCC1. The van der Waals surface area contributed by atoms with Crippen LogP contribution in [0.4, 0.5) is 11.4 Å². The van der Waals surface area contributed by atoms with Gasteiger partial charge in [-0.05, 0) is 43.7 Å². The third kappa shape index (κ3) is 3.91. The van der Waals surface area contributed by atoms with Gasteiger partial charge in [-0.1, -0.05) is 39.3 Å². The molecule has 1 aliphatic heterocycles. The van der Waals surface area contributed by atoms with E-state index in [0.717, 1.165) is 5.92 Å². The molecule has 0 aromatic heterocycles. The molecule has 1 saturated heterocycles. The molecule has 0 aliphatic carbocycles. The molecule has 1 heterocycles. The van der Waals surface area contributed by atoms with Gasteiger partial charge in [0.2, 0.25) is 0 Å². The first-order chi connectivity index (χ1) is 9.74. The maximum Gasteiger partial charge on any atom is 0.0602 e. The minimum Gasteiger partial charge on any atom is -0.381 e. The number of rotatable bonds is 7. The Labute approximate surface area is 124 Å². The molecule has 0 amide bonds. The zero-order chi connectivity index (χ0) is 14.4. The van der Waals surface area contributed by atoms with Crippen LogP contribution in [0, 0.1) is 5.92 Å². The summed E-state index contributed by atoms with van der Waals surface area (Å²) in [6.45, 7) is 9.35. The van der Waals surface area contributed by atoms with Crippen molar-refractivity contribution in [3.8, 4) is 0 Å². The highest BCUT2D eigenvalue weighted by atomic mass is 15.2. The van der Waals surface area contributed by atoms with E-state index in [1.165, 1.54) is 56.6 Å². The third-order valence-corrected chi connectivity index (χ3v) is 4.59. The van der Waals surface area contributed by atoms with E-state index >= 15 is 0 Å².